The number of thiocarbonyl (C=S) groups is 1. The van der Waals surface area contributed by atoms with Crippen molar-refractivity contribution in [3.8, 4) is 17.2 Å². The molecular formula is C17H18FN3O3S. The average molecular weight is 363 g/mol. The summed E-state index contributed by atoms with van der Waals surface area (Å²) < 4.78 is 29.4. The van der Waals surface area contributed by atoms with Crippen LogP contribution in [0.5, 0.6) is 17.2 Å². The SMILES string of the molecule is COc1cc(OC)c(/C=N\NC(=S)Nc2ccccc2F)c(OC)c1. The largest absolute Gasteiger partial charge is 0.496 e. The zero-order chi connectivity index (χ0) is 18.2. The predicted molar refractivity (Wildman–Crippen MR) is 99.4 cm³/mol. The summed E-state index contributed by atoms with van der Waals surface area (Å²) in [5.41, 5.74) is 3.48. The van der Waals surface area contributed by atoms with Crippen molar-refractivity contribution in [2.75, 3.05) is 26.6 Å². The van der Waals surface area contributed by atoms with E-state index in [1.165, 1.54) is 26.5 Å². The topological polar surface area (TPSA) is 64.1 Å². The minimum absolute atomic E-state index is 0.146. The first-order chi connectivity index (χ1) is 12.1. The van der Waals surface area contributed by atoms with Crippen molar-refractivity contribution in [3.63, 3.8) is 0 Å². The number of anilines is 1. The number of hydrogen-bond donors (Lipinski definition) is 2. The minimum Gasteiger partial charge on any atom is -0.496 e. The van der Waals surface area contributed by atoms with E-state index < -0.39 is 5.82 Å². The van der Waals surface area contributed by atoms with E-state index in [0.717, 1.165) is 0 Å². The van der Waals surface area contributed by atoms with Crippen molar-refractivity contribution in [1.29, 1.82) is 0 Å². The van der Waals surface area contributed by atoms with Crippen molar-refractivity contribution in [2.45, 2.75) is 0 Å². The lowest BCUT2D eigenvalue weighted by Gasteiger charge is -2.12. The van der Waals surface area contributed by atoms with Crippen LogP contribution in [0.25, 0.3) is 0 Å². The first kappa shape index (κ1) is 18.5. The normalized spacial score (nSPS) is 10.4. The molecule has 0 bridgehead atoms. The highest BCUT2D eigenvalue weighted by molar-refractivity contribution is 7.80. The Bertz CT molecular complexity index is 758. The molecule has 132 valence electrons. The van der Waals surface area contributed by atoms with E-state index in [1.807, 2.05) is 0 Å². The molecule has 0 radical (unpaired) electrons. The zero-order valence-corrected chi connectivity index (χ0v) is 14.8. The Morgan fingerprint density at radius 1 is 1.08 bits per heavy atom. The summed E-state index contributed by atoms with van der Waals surface area (Å²) in [5, 5.41) is 6.91. The quantitative estimate of drug-likeness (QED) is 0.467. The van der Waals surface area contributed by atoms with Crippen LogP contribution in [0.4, 0.5) is 10.1 Å². The molecule has 2 rings (SSSR count). The standard InChI is InChI=1S/C17H18FN3O3S/c1-22-11-8-15(23-2)12(16(9-11)24-3)10-19-21-17(25)20-14-7-5-4-6-13(14)18/h4-10H,1-3H3,(H2,20,21,25)/b19-10-. The fourth-order valence-corrected chi connectivity index (χ4v) is 2.19. The molecule has 0 aliphatic rings. The van der Waals surface area contributed by atoms with Gasteiger partial charge >= 0.3 is 0 Å². The summed E-state index contributed by atoms with van der Waals surface area (Å²) in [6.07, 6.45) is 1.49. The minimum atomic E-state index is -0.408. The third-order valence-corrected chi connectivity index (χ3v) is 3.43. The Balaban J connectivity index is 2.11. The molecule has 0 saturated carbocycles. The summed E-state index contributed by atoms with van der Waals surface area (Å²) >= 11 is 5.09. The molecular weight excluding hydrogens is 345 g/mol. The molecule has 8 heteroatoms. The number of hydrogen-bond acceptors (Lipinski definition) is 5. The number of halogens is 1. The van der Waals surface area contributed by atoms with Crippen LogP contribution < -0.4 is 25.0 Å². The van der Waals surface area contributed by atoms with Gasteiger partial charge in [-0.2, -0.15) is 5.10 Å². The number of rotatable bonds is 6. The van der Waals surface area contributed by atoms with E-state index >= 15 is 0 Å². The second-order valence-electron chi connectivity index (χ2n) is 4.75. The Labute approximate surface area is 150 Å². The first-order valence-electron chi connectivity index (χ1n) is 7.23. The zero-order valence-electron chi connectivity index (χ0n) is 14.0. The van der Waals surface area contributed by atoms with Crippen LogP contribution in [0.2, 0.25) is 0 Å². The van der Waals surface area contributed by atoms with Gasteiger partial charge in [-0.1, -0.05) is 12.1 Å². The van der Waals surface area contributed by atoms with E-state index in [2.05, 4.69) is 15.8 Å². The smallest absolute Gasteiger partial charge is 0.191 e. The molecule has 0 spiro atoms. The van der Waals surface area contributed by atoms with Gasteiger partial charge in [-0.25, -0.2) is 4.39 Å². The highest BCUT2D eigenvalue weighted by atomic mass is 32.1. The lowest BCUT2D eigenvalue weighted by Crippen LogP contribution is -2.24. The van der Waals surface area contributed by atoms with E-state index in [1.54, 1.807) is 37.4 Å². The van der Waals surface area contributed by atoms with E-state index in [0.29, 0.717) is 22.8 Å². The first-order valence-corrected chi connectivity index (χ1v) is 7.64. The van der Waals surface area contributed by atoms with Gasteiger partial charge in [0.15, 0.2) is 5.11 Å². The maximum absolute atomic E-state index is 13.6. The van der Waals surface area contributed by atoms with Gasteiger partial charge in [0, 0.05) is 12.1 Å². The average Bonchev–Trinajstić information content (AvgIpc) is 2.63. The summed E-state index contributed by atoms with van der Waals surface area (Å²) in [6, 6.07) is 9.62. The van der Waals surface area contributed by atoms with Crippen molar-refractivity contribution in [3.05, 3.63) is 47.8 Å². The Hall–Kier alpha value is -2.87. The second-order valence-corrected chi connectivity index (χ2v) is 5.16. The van der Waals surface area contributed by atoms with Crippen LogP contribution in [0.3, 0.4) is 0 Å². The molecule has 2 aromatic rings. The number of nitrogens with one attached hydrogen (secondary N) is 2. The lowest BCUT2D eigenvalue weighted by atomic mass is 10.2. The fourth-order valence-electron chi connectivity index (χ4n) is 2.03. The molecule has 0 aliphatic heterocycles. The number of benzene rings is 2. The van der Waals surface area contributed by atoms with Gasteiger partial charge in [-0.05, 0) is 24.4 Å². The van der Waals surface area contributed by atoms with Crippen LogP contribution in [-0.4, -0.2) is 32.7 Å². The summed E-state index contributed by atoms with van der Waals surface area (Å²) in [4.78, 5) is 0. The number of hydrazone groups is 1. The van der Waals surface area contributed by atoms with Gasteiger partial charge in [0.1, 0.15) is 23.1 Å². The monoisotopic (exact) mass is 363 g/mol. The predicted octanol–water partition coefficient (Wildman–Crippen LogP) is 3.17. The molecule has 2 N–H and O–H groups in total. The summed E-state index contributed by atoms with van der Waals surface area (Å²) in [5.74, 6) is 1.23. The number of ether oxygens (including phenoxy) is 3. The molecule has 0 saturated heterocycles. The van der Waals surface area contributed by atoms with E-state index in [-0.39, 0.29) is 10.8 Å². The Kier molecular flexibility index (Phi) is 6.53. The van der Waals surface area contributed by atoms with E-state index in [4.69, 9.17) is 26.4 Å². The Morgan fingerprint density at radius 3 is 2.28 bits per heavy atom. The molecule has 0 amide bonds. The van der Waals surface area contributed by atoms with Crippen LogP contribution in [0.1, 0.15) is 5.56 Å². The van der Waals surface area contributed by atoms with E-state index in [9.17, 15) is 4.39 Å². The molecule has 0 aliphatic carbocycles. The van der Waals surface area contributed by atoms with Crippen LogP contribution >= 0.6 is 12.2 Å². The van der Waals surface area contributed by atoms with Crippen LogP contribution in [-0.2, 0) is 0 Å². The van der Waals surface area contributed by atoms with Gasteiger partial charge < -0.3 is 19.5 Å². The van der Waals surface area contributed by atoms with Crippen molar-refractivity contribution >= 4 is 29.2 Å². The second kappa shape index (κ2) is 8.84. The molecule has 0 fully saturated rings. The van der Waals surface area contributed by atoms with Crippen LogP contribution in [0, 0.1) is 5.82 Å². The third-order valence-electron chi connectivity index (χ3n) is 3.23. The molecule has 25 heavy (non-hydrogen) atoms. The van der Waals surface area contributed by atoms with Gasteiger partial charge in [-0.3, -0.25) is 5.43 Å². The maximum atomic E-state index is 13.6. The summed E-state index contributed by atoms with van der Waals surface area (Å²) in [7, 11) is 4.61. The maximum Gasteiger partial charge on any atom is 0.191 e. The van der Waals surface area contributed by atoms with Crippen LogP contribution in [0.15, 0.2) is 41.5 Å². The highest BCUT2D eigenvalue weighted by Crippen LogP contribution is 2.32. The molecule has 0 aromatic heterocycles. The number of nitrogens with zero attached hydrogens (tertiary/aromatic N) is 1. The highest BCUT2D eigenvalue weighted by Gasteiger charge is 2.11. The molecule has 6 nitrogen and oxygen atoms in total. The fraction of sp³-hybridized carbons (Fsp3) is 0.176. The molecule has 0 heterocycles. The van der Waals surface area contributed by atoms with Gasteiger partial charge in [0.05, 0.1) is 38.8 Å². The van der Waals surface area contributed by atoms with Gasteiger partial charge in [0.25, 0.3) is 0 Å². The van der Waals surface area contributed by atoms with Crippen molar-refractivity contribution < 1.29 is 18.6 Å². The van der Waals surface area contributed by atoms with Gasteiger partial charge in [0.2, 0.25) is 0 Å². The van der Waals surface area contributed by atoms with Crippen molar-refractivity contribution in [2.24, 2.45) is 5.10 Å². The molecule has 0 atom stereocenters. The van der Waals surface area contributed by atoms with Gasteiger partial charge in [-0.15, -0.1) is 0 Å². The van der Waals surface area contributed by atoms with Crippen molar-refractivity contribution in [1.82, 2.24) is 5.43 Å². The number of methoxy groups -OCH3 is 3. The Morgan fingerprint density at radius 2 is 1.72 bits per heavy atom. The number of para-hydroxylation sites is 1. The third kappa shape index (κ3) is 4.80. The summed E-state index contributed by atoms with van der Waals surface area (Å²) in [6.45, 7) is 0. The molecule has 0 unspecified atom stereocenters. The lowest BCUT2D eigenvalue weighted by molar-refractivity contribution is 0.374. The molecule has 2 aromatic carbocycles.